The van der Waals surface area contributed by atoms with Gasteiger partial charge in [0.25, 0.3) is 0 Å². The average Bonchev–Trinajstić information content (AvgIpc) is 2.27. The minimum Gasteiger partial charge on any atom is -0.481 e. The Bertz CT molecular complexity index is 357. The van der Waals surface area contributed by atoms with Crippen molar-refractivity contribution in [2.75, 3.05) is 0 Å². The monoisotopic (exact) mass is 284 g/mol. The second kappa shape index (κ2) is 5.48. The second-order valence-electron chi connectivity index (χ2n) is 4.37. The Kier molecular flexibility index (Phi) is 4.54. The summed E-state index contributed by atoms with van der Waals surface area (Å²) >= 11 is 3.62. The molecule has 0 spiro atoms. The van der Waals surface area contributed by atoms with Crippen molar-refractivity contribution in [2.24, 2.45) is 5.92 Å². The van der Waals surface area contributed by atoms with E-state index < -0.39 is 11.9 Å². The van der Waals surface area contributed by atoms with E-state index in [0.29, 0.717) is 10.7 Å². The number of benzene rings is 1. The summed E-state index contributed by atoms with van der Waals surface area (Å²) in [4.78, 5) is 11.1. The van der Waals surface area contributed by atoms with Crippen molar-refractivity contribution in [3.8, 4) is 0 Å². The fraction of sp³-hybridized carbons (Fsp3) is 0.462. The molecule has 0 saturated carbocycles. The normalized spacial score (nSPS) is 14.8. The van der Waals surface area contributed by atoms with E-state index in [0.717, 1.165) is 5.56 Å². The van der Waals surface area contributed by atoms with Crippen molar-refractivity contribution in [3.05, 3.63) is 35.4 Å². The lowest BCUT2D eigenvalue weighted by atomic mass is 9.97. The van der Waals surface area contributed by atoms with Gasteiger partial charge in [-0.1, -0.05) is 54.0 Å². The predicted molar refractivity (Wildman–Crippen MR) is 69.0 cm³/mol. The minimum atomic E-state index is -0.785. The molecule has 0 heterocycles. The summed E-state index contributed by atoms with van der Waals surface area (Å²) in [6.07, 6.45) is 0. The van der Waals surface area contributed by atoms with Gasteiger partial charge in [0.2, 0.25) is 0 Å². The number of aliphatic carboxylic acids is 1. The van der Waals surface area contributed by atoms with Crippen LogP contribution in [0.5, 0.6) is 0 Å². The van der Waals surface area contributed by atoms with Crippen LogP contribution in [0.25, 0.3) is 0 Å². The first-order chi connectivity index (χ1) is 7.43. The SMILES string of the molecule is CC(C)[C@H](Br)c1ccc([C@H](C)C(=O)O)cc1. The molecule has 1 rings (SSSR count). The molecule has 1 aromatic rings. The quantitative estimate of drug-likeness (QED) is 0.850. The molecule has 0 amide bonds. The number of carboxylic acids is 1. The molecule has 0 fully saturated rings. The molecule has 16 heavy (non-hydrogen) atoms. The summed E-state index contributed by atoms with van der Waals surface area (Å²) in [6.45, 7) is 5.99. The molecule has 0 bridgehead atoms. The largest absolute Gasteiger partial charge is 0.481 e. The molecule has 0 aliphatic carbocycles. The van der Waals surface area contributed by atoms with Gasteiger partial charge in [-0.2, -0.15) is 0 Å². The maximum atomic E-state index is 10.8. The number of rotatable bonds is 4. The number of hydrogen-bond acceptors (Lipinski definition) is 1. The zero-order chi connectivity index (χ0) is 12.3. The number of halogens is 1. The van der Waals surface area contributed by atoms with Gasteiger partial charge < -0.3 is 5.11 Å². The third-order valence-corrected chi connectivity index (χ3v) is 4.30. The standard InChI is InChI=1S/C13H17BrO2/c1-8(2)12(14)11-6-4-10(5-7-11)9(3)13(15)16/h4-9,12H,1-3H3,(H,15,16)/t9-,12-/m0/s1. The fourth-order valence-electron chi connectivity index (χ4n) is 1.50. The molecule has 0 aromatic heterocycles. The van der Waals surface area contributed by atoms with Gasteiger partial charge >= 0.3 is 5.97 Å². The van der Waals surface area contributed by atoms with Gasteiger partial charge in [0.1, 0.15) is 0 Å². The lowest BCUT2D eigenvalue weighted by Gasteiger charge is -2.15. The van der Waals surface area contributed by atoms with Crippen LogP contribution in [0.2, 0.25) is 0 Å². The van der Waals surface area contributed by atoms with Crippen LogP contribution in [-0.2, 0) is 4.79 Å². The molecule has 88 valence electrons. The molecular weight excluding hydrogens is 268 g/mol. The number of alkyl halides is 1. The summed E-state index contributed by atoms with van der Waals surface area (Å²) < 4.78 is 0. The van der Waals surface area contributed by atoms with Crippen molar-refractivity contribution in [1.29, 1.82) is 0 Å². The van der Waals surface area contributed by atoms with Crippen LogP contribution in [0.1, 0.15) is 42.6 Å². The first-order valence-corrected chi connectivity index (χ1v) is 6.31. The summed E-state index contributed by atoms with van der Waals surface area (Å²) in [5.74, 6) is -0.711. The van der Waals surface area contributed by atoms with Gasteiger partial charge in [-0.15, -0.1) is 0 Å². The lowest BCUT2D eigenvalue weighted by Crippen LogP contribution is -2.07. The number of hydrogen-bond donors (Lipinski definition) is 1. The van der Waals surface area contributed by atoms with Crippen LogP contribution in [0.15, 0.2) is 24.3 Å². The molecule has 1 aromatic carbocycles. The Balaban J connectivity index is 2.87. The highest BCUT2D eigenvalue weighted by molar-refractivity contribution is 9.09. The molecule has 0 unspecified atom stereocenters. The summed E-state index contributed by atoms with van der Waals surface area (Å²) in [7, 11) is 0. The van der Waals surface area contributed by atoms with E-state index in [4.69, 9.17) is 5.11 Å². The van der Waals surface area contributed by atoms with Crippen molar-refractivity contribution < 1.29 is 9.90 Å². The van der Waals surface area contributed by atoms with Gasteiger partial charge in [0.05, 0.1) is 5.92 Å². The van der Waals surface area contributed by atoms with E-state index in [2.05, 4.69) is 29.8 Å². The van der Waals surface area contributed by atoms with Crippen molar-refractivity contribution in [3.63, 3.8) is 0 Å². The van der Waals surface area contributed by atoms with E-state index in [-0.39, 0.29) is 0 Å². The van der Waals surface area contributed by atoms with Crippen molar-refractivity contribution in [1.82, 2.24) is 0 Å². The topological polar surface area (TPSA) is 37.3 Å². The van der Waals surface area contributed by atoms with Crippen LogP contribution in [0, 0.1) is 5.92 Å². The Morgan fingerprint density at radius 2 is 1.56 bits per heavy atom. The molecule has 3 heteroatoms. The van der Waals surface area contributed by atoms with E-state index in [1.165, 1.54) is 5.56 Å². The number of carboxylic acid groups (broad SMARTS) is 1. The minimum absolute atomic E-state index is 0.321. The first kappa shape index (κ1) is 13.2. The van der Waals surface area contributed by atoms with Crippen molar-refractivity contribution >= 4 is 21.9 Å². The molecule has 0 radical (unpaired) electrons. The van der Waals surface area contributed by atoms with Crippen LogP contribution in [-0.4, -0.2) is 11.1 Å². The molecular formula is C13H17BrO2. The predicted octanol–water partition coefficient (Wildman–Crippen LogP) is 3.97. The van der Waals surface area contributed by atoms with E-state index in [9.17, 15) is 4.79 Å². The lowest BCUT2D eigenvalue weighted by molar-refractivity contribution is -0.138. The van der Waals surface area contributed by atoms with Gasteiger partial charge in [-0.3, -0.25) is 4.79 Å². The summed E-state index contributed by atoms with van der Waals surface area (Å²) in [5, 5.41) is 8.89. The molecule has 1 N–H and O–H groups in total. The van der Waals surface area contributed by atoms with Gasteiger partial charge in [-0.05, 0) is 24.0 Å². The van der Waals surface area contributed by atoms with Crippen molar-refractivity contribution in [2.45, 2.75) is 31.5 Å². The zero-order valence-corrected chi connectivity index (χ0v) is 11.4. The first-order valence-electron chi connectivity index (χ1n) is 5.40. The van der Waals surface area contributed by atoms with Crippen LogP contribution in [0.3, 0.4) is 0 Å². The highest BCUT2D eigenvalue weighted by Gasteiger charge is 2.15. The Hall–Kier alpha value is -0.830. The Labute approximate surface area is 105 Å². The fourth-order valence-corrected chi connectivity index (χ4v) is 1.80. The second-order valence-corrected chi connectivity index (χ2v) is 5.36. The van der Waals surface area contributed by atoms with Crippen LogP contribution >= 0.6 is 15.9 Å². The third kappa shape index (κ3) is 3.08. The molecule has 0 saturated heterocycles. The maximum absolute atomic E-state index is 10.8. The van der Waals surface area contributed by atoms with E-state index >= 15 is 0 Å². The summed E-state index contributed by atoms with van der Waals surface area (Å²) in [6, 6.07) is 7.78. The molecule has 0 aliphatic heterocycles. The van der Waals surface area contributed by atoms with E-state index in [1.807, 2.05) is 24.3 Å². The van der Waals surface area contributed by atoms with Gasteiger partial charge in [-0.25, -0.2) is 0 Å². The van der Waals surface area contributed by atoms with Crippen LogP contribution < -0.4 is 0 Å². The Morgan fingerprint density at radius 3 is 1.94 bits per heavy atom. The van der Waals surface area contributed by atoms with Gasteiger partial charge in [0.15, 0.2) is 0 Å². The van der Waals surface area contributed by atoms with Crippen LogP contribution in [0.4, 0.5) is 0 Å². The summed E-state index contributed by atoms with van der Waals surface area (Å²) in [5.41, 5.74) is 2.04. The highest BCUT2D eigenvalue weighted by atomic mass is 79.9. The highest BCUT2D eigenvalue weighted by Crippen LogP contribution is 2.31. The number of carbonyl (C=O) groups is 1. The van der Waals surface area contributed by atoms with Gasteiger partial charge in [0, 0.05) is 4.83 Å². The smallest absolute Gasteiger partial charge is 0.310 e. The van der Waals surface area contributed by atoms with E-state index in [1.54, 1.807) is 6.92 Å². The molecule has 2 atom stereocenters. The average molecular weight is 285 g/mol. The maximum Gasteiger partial charge on any atom is 0.310 e. The zero-order valence-electron chi connectivity index (χ0n) is 9.77. The third-order valence-electron chi connectivity index (χ3n) is 2.71. The Morgan fingerprint density at radius 1 is 1.12 bits per heavy atom. The molecule has 0 aliphatic rings. The molecule has 2 nitrogen and oxygen atoms in total.